The summed E-state index contributed by atoms with van der Waals surface area (Å²) in [6.45, 7) is -0.640. The summed E-state index contributed by atoms with van der Waals surface area (Å²) in [5.74, 6) is -0.226. The van der Waals surface area contributed by atoms with Crippen LogP contribution >= 0.6 is 23.8 Å². The number of rotatable bonds is 4. The summed E-state index contributed by atoms with van der Waals surface area (Å²) in [7, 11) is -5.01. The molecule has 138 valence electrons. The summed E-state index contributed by atoms with van der Waals surface area (Å²) < 4.78 is 22.4. The lowest BCUT2D eigenvalue weighted by Crippen LogP contribution is -2.35. The second-order valence-corrected chi connectivity index (χ2v) is 7.07. The number of aromatic nitrogens is 4. The van der Waals surface area contributed by atoms with E-state index in [-0.39, 0.29) is 21.8 Å². The Morgan fingerprint density at radius 3 is 2.72 bits per heavy atom. The number of hydrogen-bond acceptors (Lipinski definition) is 9. The highest BCUT2D eigenvalue weighted by atomic mass is 79.9. The van der Waals surface area contributed by atoms with Crippen molar-refractivity contribution < 1.29 is 33.8 Å². The Balaban J connectivity index is 2.16. The first-order valence-electron chi connectivity index (χ1n) is 6.74. The smallest absolute Gasteiger partial charge is 0.394 e. The maximum absolute atomic E-state index is 11.9. The summed E-state index contributed by atoms with van der Waals surface area (Å²) >= 11 is 3.09. The molecule has 3 heterocycles. The number of ether oxygens (including phenoxy) is 1. The predicted octanol–water partition coefficient (Wildman–Crippen LogP) is -1.81. The number of aliphatic hydroxyl groups excluding tert-OH is 2. The molecule has 0 radical (unpaired) electrons. The van der Waals surface area contributed by atoms with E-state index in [0.717, 1.165) is 4.57 Å². The number of fused-ring (bicyclic) bond motifs is 1. The van der Waals surface area contributed by atoms with Crippen LogP contribution in [0.25, 0.3) is 11.2 Å². The molecule has 7 N–H and O–H groups in total. The zero-order valence-corrected chi connectivity index (χ0v) is 14.7. The molecule has 3 rings (SSSR count). The van der Waals surface area contributed by atoms with E-state index in [1.807, 2.05) is 0 Å². The van der Waals surface area contributed by atoms with Crippen molar-refractivity contribution >= 4 is 40.9 Å². The Bertz CT molecular complexity index is 911. The Morgan fingerprint density at radius 2 is 2.12 bits per heavy atom. The van der Waals surface area contributed by atoms with Crippen molar-refractivity contribution in [3.8, 4) is 0 Å². The van der Waals surface area contributed by atoms with E-state index in [1.54, 1.807) is 0 Å². The number of nitrogens with two attached hydrogens (primary N) is 1. The summed E-state index contributed by atoms with van der Waals surface area (Å²) in [4.78, 5) is 40.2. The third-order valence-electron chi connectivity index (χ3n) is 3.53. The van der Waals surface area contributed by atoms with Gasteiger partial charge in [-0.2, -0.15) is 4.98 Å². The molecule has 0 amide bonds. The highest BCUT2D eigenvalue weighted by molar-refractivity contribution is 9.10. The van der Waals surface area contributed by atoms with Crippen LogP contribution in [-0.2, 0) is 13.8 Å². The number of nitrogens with zero attached hydrogens (tertiary/aromatic N) is 3. The second kappa shape index (κ2) is 6.41. The number of phosphoric ester groups is 1. The van der Waals surface area contributed by atoms with E-state index in [2.05, 4.69) is 35.4 Å². The van der Waals surface area contributed by atoms with Crippen LogP contribution in [0.15, 0.2) is 9.53 Å². The number of aromatic amines is 1. The number of phosphoric acid groups is 1. The van der Waals surface area contributed by atoms with E-state index in [4.69, 9.17) is 20.3 Å². The zero-order valence-electron chi connectivity index (χ0n) is 12.2. The number of anilines is 1. The monoisotopic (exact) mass is 441 g/mol. The molecule has 0 unspecified atom stereocenters. The zero-order chi connectivity index (χ0) is 18.5. The number of H-pyrrole nitrogens is 1. The number of nitrogens with one attached hydrogen (secondary N) is 1. The Labute approximate surface area is 146 Å². The number of halogens is 1. The fraction of sp³-hybridized carbons (Fsp3) is 0.500. The van der Waals surface area contributed by atoms with Gasteiger partial charge in [-0.3, -0.25) is 18.9 Å². The van der Waals surface area contributed by atoms with Crippen molar-refractivity contribution in [2.75, 3.05) is 12.3 Å². The number of imidazole rings is 1. The SMILES string of the molecule is Nc1nc2c(nc(Br)n2[C@@H]2O[C@H](CO)[C@@H](O)[C@H]2OP(=O)(O)O)c(=O)[nH]1. The molecule has 0 aromatic carbocycles. The summed E-state index contributed by atoms with van der Waals surface area (Å²) in [5.41, 5.74) is 4.67. The Kier molecular flexibility index (Phi) is 4.72. The Morgan fingerprint density at radius 1 is 1.44 bits per heavy atom. The molecule has 1 aliphatic rings. The van der Waals surface area contributed by atoms with Crippen molar-refractivity contribution in [2.45, 2.75) is 24.5 Å². The standard InChI is InChI=1S/C10H13BrN5O8P/c11-9-13-3-6(14-10(12)15-7(3)19)16(9)8-5(24-25(20,21)22)4(18)2(1-17)23-8/h2,4-5,8,17-18H,1H2,(H2,20,21,22)(H3,12,14,15,19)/t2-,4-,5-,8-/m1/s1. The van der Waals surface area contributed by atoms with E-state index >= 15 is 0 Å². The number of aliphatic hydroxyl groups is 2. The molecule has 25 heavy (non-hydrogen) atoms. The van der Waals surface area contributed by atoms with Crippen LogP contribution in [0.1, 0.15) is 6.23 Å². The molecule has 0 aliphatic carbocycles. The molecule has 0 saturated carbocycles. The minimum absolute atomic E-state index is 0.0150. The van der Waals surface area contributed by atoms with Gasteiger partial charge in [0.05, 0.1) is 6.61 Å². The molecule has 1 aliphatic heterocycles. The second-order valence-electron chi connectivity index (χ2n) is 5.17. The lowest BCUT2D eigenvalue weighted by atomic mass is 10.1. The van der Waals surface area contributed by atoms with Crippen LogP contribution in [0.5, 0.6) is 0 Å². The molecule has 0 spiro atoms. The molecule has 13 nitrogen and oxygen atoms in total. The third kappa shape index (κ3) is 3.35. The van der Waals surface area contributed by atoms with Crippen LogP contribution in [0.3, 0.4) is 0 Å². The normalized spacial score (nSPS) is 27.2. The number of nitrogen functional groups attached to an aromatic ring is 1. The first-order chi connectivity index (χ1) is 11.6. The molecule has 1 fully saturated rings. The lowest BCUT2D eigenvalue weighted by molar-refractivity contribution is -0.0515. The van der Waals surface area contributed by atoms with E-state index in [0.29, 0.717) is 0 Å². The van der Waals surface area contributed by atoms with Crippen LogP contribution < -0.4 is 11.3 Å². The van der Waals surface area contributed by atoms with Crippen molar-refractivity contribution in [1.82, 2.24) is 19.5 Å². The average Bonchev–Trinajstić information content (AvgIpc) is 2.96. The van der Waals surface area contributed by atoms with Gasteiger partial charge in [0.1, 0.15) is 18.3 Å². The largest absolute Gasteiger partial charge is 0.470 e. The van der Waals surface area contributed by atoms with Gasteiger partial charge in [0.2, 0.25) is 5.95 Å². The van der Waals surface area contributed by atoms with Gasteiger partial charge in [-0.25, -0.2) is 9.55 Å². The predicted molar refractivity (Wildman–Crippen MR) is 84.2 cm³/mol. The maximum atomic E-state index is 11.9. The van der Waals surface area contributed by atoms with Gasteiger partial charge in [0, 0.05) is 0 Å². The van der Waals surface area contributed by atoms with Gasteiger partial charge in [-0.1, -0.05) is 0 Å². The molecule has 1 saturated heterocycles. The molecular weight excluding hydrogens is 429 g/mol. The maximum Gasteiger partial charge on any atom is 0.470 e. The summed E-state index contributed by atoms with van der Waals surface area (Å²) in [6.07, 6.45) is -5.68. The van der Waals surface area contributed by atoms with Gasteiger partial charge >= 0.3 is 7.82 Å². The average molecular weight is 442 g/mol. The van der Waals surface area contributed by atoms with Gasteiger partial charge in [-0.15, -0.1) is 0 Å². The highest BCUT2D eigenvalue weighted by Gasteiger charge is 2.49. The Hall–Kier alpha value is -1.38. The van der Waals surface area contributed by atoms with Crippen molar-refractivity contribution in [1.29, 1.82) is 0 Å². The number of hydrogen-bond donors (Lipinski definition) is 6. The lowest BCUT2D eigenvalue weighted by Gasteiger charge is -2.22. The summed E-state index contributed by atoms with van der Waals surface area (Å²) in [6, 6.07) is 0. The quantitative estimate of drug-likeness (QED) is 0.230. The highest BCUT2D eigenvalue weighted by Crippen LogP contribution is 2.45. The molecular formula is C10H13BrN5O8P. The van der Waals surface area contributed by atoms with Crippen molar-refractivity contribution in [3.63, 3.8) is 0 Å². The molecule has 2 aromatic heterocycles. The van der Waals surface area contributed by atoms with Gasteiger partial charge < -0.3 is 30.5 Å². The topological polar surface area (TPSA) is 206 Å². The van der Waals surface area contributed by atoms with Crippen LogP contribution in [0.4, 0.5) is 5.95 Å². The van der Waals surface area contributed by atoms with Crippen molar-refractivity contribution in [3.05, 3.63) is 15.1 Å². The van der Waals surface area contributed by atoms with E-state index in [9.17, 15) is 19.6 Å². The molecule has 15 heteroatoms. The van der Waals surface area contributed by atoms with Gasteiger partial charge in [-0.05, 0) is 15.9 Å². The minimum Gasteiger partial charge on any atom is -0.394 e. The van der Waals surface area contributed by atoms with E-state index < -0.39 is 44.5 Å². The van der Waals surface area contributed by atoms with Crippen LogP contribution in [0, 0.1) is 0 Å². The first-order valence-corrected chi connectivity index (χ1v) is 9.06. The van der Waals surface area contributed by atoms with E-state index in [1.165, 1.54) is 0 Å². The fourth-order valence-corrected chi connectivity index (χ4v) is 3.64. The van der Waals surface area contributed by atoms with Crippen LogP contribution in [-0.4, -0.2) is 64.4 Å². The van der Waals surface area contributed by atoms with Crippen molar-refractivity contribution in [2.24, 2.45) is 0 Å². The first kappa shape index (κ1) is 18.4. The molecule has 4 atom stereocenters. The van der Waals surface area contributed by atoms with Gasteiger partial charge in [0.15, 0.2) is 22.1 Å². The minimum atomic E-state index is -5.01. The summed E-state index contributed by atoms with van der Waals surface area (Å²) in [5, 5.41) is 19.4. The van der Waals surface area contributed by atoms with Gasteiger partial charge in [0.25, 0.3) is 5.56 Å². The molecule has 2 aromatic rings. The fourth-order valence-electron chi connectivity index (χ4n) is 2.55. The molecule has 0 bridgehead atoms. The third-order valence-corrected chi connectivity index (χ3v) is 4.61. The van der Waals surface area contributed by atoms with Crippen LogP contribution in [0.2, 0.25) is 0 Å².